The van der Waals surface area contributed by atoms with Crippen LogP contribution in [0.5, 0.6) is 0 Å². The van der Waals surface area contributed by atoms with E-state index >= 15 is 0 Å². The molecule has 0 aliphatic carbocycles. The van der Waals surface area contributed by atoms with Crippen LogP contribution in [-0.4, -0.2) is 19.4 Å². The van der Waals surface area contributed by atoms with E-state index in [-0.39, 0.29) is 17.8 Å². The number of benzene rings is 2. The highest BCUT2D eigenvalue weighted by Gasteiger charge is 2.32. The van der Waals surface area contributed by atoms with Crippen molar-refractivity contribution >= 4 is 38.3 Å². The molecule has 4 aromatic rings. The van der Waals surface area contributed by atoms with Crippen molar-refractivity contribution in [2.75, 3.05) is 0 Å². The van der Waals surface area contributed by atoms with Crippen LogP contribution in [0.1, 0.15) is 43.8 Å². The molecule has 4 rings (SSSR count). The molecule has 0 fully saturated rings. The minimum atomic E-state index is -1.46. The Morgan fingerprint density at radius 2 is 1.97 bits per heavy atom. The minimum absolute atomic E-state index is 0.0848. The van der Waals surface area contributed by atoms with Crippen molar-refractivity contribution in [1.82, 2.24) is 14.9 Å². The maximum absolute atomic E-state index is 14.7. The zero-order chi connectivity index (χ0) is 24.5. The summed E-state index contributed by atoms with van der Waals surface area (Å²) in [4.78, 5) is 4.16. The molecule has 2 atom stereocenters. The van der Waals surface area contributed by atoms with Crippen LogP contribution < -0.4 is 4.72 Å². The lowest BCUT2D eigenvalue weighted by molar-refractivity contribution is 0.459. The van der Waals surface area contributed by atoms with Gasteiger partial charge in [-0.05, 0) is 56.7 Å². The van der Waals surface area contributed by atoms with Crippen LogP contribution in [0.15, 0.2) is 63.6 Å². The number of hydrogen-bond donors (Lipinski definition) is 1. The SMILES string of the molecule is CC(C)(C)[S@+]([O-])N[C@@H](Cc1nc(C#N)ccc1F)c1ccccc1-c1noc2cc(Br)ccc12. The zero-order valence-corrected chi connectivity index (χ0v) is 21.2. The highest BCUT2D eigenvalue weighted by atomic mass is 79.9. The zero-order valence-electron chi connectivity index (χ0n) is 18.8. The molecule has 0 spiro atoms. The second-order valence-corrected chi connectivity index (χ2v) is 11.7. The van der Waals surface area contributed by atoms with Gasteiger partial charge in [-0.2, -0.15) is 5.26 Å². The largest absolute Gasteiger partial charge is 0.598 e. The van der Waals surface area contributed by atoms with Crippen molar-refractivity contribution in [3.8, 4) is 17.3 Å². The molecular formula is C25H22BrFN4O2S. The topological polar surface area (TPSA) is 97.8 Å². The van der Waals surface area contributed by atoms with Crippen LogP contribution in [0.4, 0.5) is 4.39 Å². The fourth-order valence-electron chi connectivity index (χ4n) is 3.53. The van der Waals surface area contributed by atoms with Crippen LogP contribution in [0.25, 0.3) is 22.2 Å². The third kappa shape index (κ3) is 5.15. The first-order chi connectivity index (χ1) is 16.2. The number of hydrogen-bond acceptors (Lipinski definition) is 6. The summed E-state index contributed by atoms with van der Waals surface area (Å²) in [6.45, 7) is 5.58. The quantitative estimate of drug-likeness (QED) is 0.301. The summed E-state index contributed by atoms with van der Waals surface area (Å²) in [5, 5.41) is 14.3. The van der Waals surface area contributed by atoms with E-state index in [1.807, 2.05) is 69.3 Å². The number of aromatic nitrogens is 2. The molecule has 0 aliphatic rings. The van der Waals surface area contributed by atoms with E-state index in [0.29, 0.717) is 11.3 Å². The molecule has 6 nitrogen and oxygen atoms in total. The molecular weight excluding hydrogens is 519 g/mol. The number of nitrogens with one attached hydrogen (secondary N) is 1. The van der Waals surface area contributed by atoms with Crippen molar-refractivity contribution in [1.29, 1.82) is 5.26 Å². The van der Waals surface area contributed by atoms with Gasteiger partial charge in [0, 0.05) is 33.2 Å². The van der Waals surface area contributed by atoms with Crippen molar-refractivity contribution in [3.05, 3.63) is 81.8 Å². The molecule has 2 aromatic heterocycles. The van der Waals surface area contributed by atoms with Crippen molar-refractivity contribution in [3.63, 3.8) is 0 Å². The Bertz CT molecular complexity index is 1380. The fraction of sp³-hybridized carbons (Fsp3) is 0.240. The van der Waals surface area contributed by atoms with E-state index in [9.17, 15) is 14.2 Å². The Kier molecular flexibility index (Phi) is 7.05. The number of fused-ring (bicyclic) bond motifs is 1. The van der Waals surface area contributed by atoms with Crippen LogP contribution in [0, 0.1) is 17.1 Å². The first-order valence-electron chi connectivity index (χ1n) is 10.5. The van der Waals surface area contributed by atoms with Gasteiger partial charge in [0.05, 0.1) is 11.7 Å². The number of rotatable bonds is 6. The van der Waals surface area contributed by atoms with Crippen molar-refractivity contribution < 1.29 is 13.5 Å². The maximum atomic E-state index is 14.7. The van der Waals surface area contributed by atoms with Crippen molar-refractivity contribution in [2.45, 2.75) is 38.0 Å². The van der Waals surface area contributed by atoms with Gasteiger partial charge in [-0.15, -0.1) is 4.72 Å². The van der Waals surface area contributed by atoms with E-state index in [4.69, 9.17) is 4.52 Å². The van der Waals surface area contributed by atoms with E-state index in [2.05, 4.69) is 30.8 Å². The molecule has 9 heteroatoms. The number of halogens is 2. The summed E-state index contributed by atoms with van der Waals surface area (Å²) in [7, 11) is 0. The van der Waals surface area contributed by atoms with Gasteiger partial charge in [0.15, 0.2) is 5.58 Å². The van der Waals surface area contributed by atoms with Gasteiger partial charge >= 0.3 is 0 Å². The van der Waals surface area contributed by atoms with E-state index in [0.717, 1.165) is 21.0 Å². The van der Waals surface area contributed by atoms with E-state index < -0.39 is 28.0 Å². The molecule has 0 amide bonds. The number of pyridine rings is 1. The number of nitrogens with zero attached hydrogens (tertiary/aromatic N) is 3. The second-order valence-electron chi connectivity index (χ2n) is 8.75. The fourth-order valence-corrected chi connectivity index (χ4v) is 4.69. The molecule has 0 radical (unpaired) electrons. The molecule has 2 heterocycles. The third-order valence-electron chi connectivity index (χ3n) is 5.26. The van der Waals surface area contributed by atoms with E-state index in [1.54, 1.807) is 0 Å². The lowest BCUT2D eigenvalue weighted by Gasteiger charge is -2.29. The minimum Gasteiger partial charge on any atom is -0.598 e. The first-order valence-corrected chi connectivity index (χ1v) is 12.5. The summed E-state index contributed by atoms with van der Waals surface area (Å²) in [5.41, 5.74) is 3.02. The Hall–Kier alpha value is -2.77. The predicted molar refractivity (Wildman–Crippen MR) is 134 cm³/mol. The Morgan fingerprint density at radius 3 is 2.71 bits per heavy atom. The summed E-state index contributed by atoms with van der Waals surface area (Å²) in [6, 6.07) is 17.1. The van der Waals surface area contributed by atoms with Crippen LogP contribution in [-0.2, 0) is 17.8 Å². The highest BCUT2D eigenvalue weighted by Crippen LogP contribution is 2.36. The molecule has 0 aliphatic heterocycles. The summed E-state index contributed by atoms with van der Waals surface area (Å²) in [5.74, 6) is -0.526. The lowest BCUT2D eigenvalue weighted by atomic mass is 9.94. The molecule has 2 aromatic carbocycles. The summed E-state index contributed by atoms with van der Waals surface area (Å²) >= 11 is 1.98. The summed E-state index contributed by atoms with van der Waals surface area (Å²) < 4.78 is 36.8. The molecule has 34 heavy (non-hydrogen) atoms. The predicted octanol–water partition coefficient (Wildman–Crippen LogP) is 6.00. The molecule has 174 valence electrons. The van der Waals surface area contributed by atoms with Gasteiger partial charge in [-0.3, -0.25) is 0 Å². The van der Waals surface area contributed by atoms with Crippen LogP contribution >= 0.6 is 15.9 Å². The molecule has 0 saturated carbocycles. The average Bonchev–Trinajstić information content (AvgIpc) is 3.22. The van der Waals surface area contributed by atoms with Crippen molar-refractivity contribution in [2.24, 2.45) is 0 Å². The van der Waals surface area contributed by atoms with Gasteiger partial charge in [0.2, 0.25) is 0 Å². The van der Waals surface area contributed by atoms with E-state index in [1.165, 1.54) is 12.1 Å². The second kappa shape index (κ2) is 9.84. The monoisotopic (exact) mass is 540 g/mol. The number of nitriles is 1. The van der Waals surface area contributed by atoms with Gasteiger partial charge in [0.25, 0.3) is 0 Å². The molecule has 0 saturated heterocycles. The molecule has 0 bridgehead atoms. The molecule has 1 N–H and O–H groups in total. The first kappa shape index (κ1) is 24.4. The van der Waals surface area contributed by atoms with Crippen LogP contribution in [0.2, 0.25) is 0 Å². The normalized spacial score (nSPS) is 13.6. The van der Waals surface area contributed by atoms with Gasteiger partial charge in [-0.25, -0.2) is 9.37 Å². The molecule has 0 unspecified atom stereocenters. The maximum Gasteiger partial charge on any atom is 0.168 e. The average molecular weight is 541 g/mol. The Morgan fingerprint density at radius 1 is 1.21 bits per heavy atom. The lowest BCUT2D eigenvalue weighted by Crippen LogP contribution is -2.42. The van der Waals surface area contributed by atoms with Gasteiger partial charge < -0.3 is 9.08 Å². The summed E-state index contributed by atoms with van der Waals surface area (Å²) in [6.07, 6.45) is 0.0848. The smallest absolute Gasteiger partial charge is 0.168 e. The van der Waals surface area contributed by atoms with Gasteiger partial charge in [-0.1, -0.05) is 45.4 Å². The third-order valence-corrected chi connectivity index (χ3v) is 7.37. The van der Waals surface area contributed by atoms with Crippen LogP contribution in [0.3, 0.4) is 0 Å². The standard InChI is InChI=1S/C25H22BrFN4O2S/c1-25(2,3)34(32)31-21(13-22-20(27)11-9-16(14-28)29-22)17-6-4-5-7-18(17)24-19-10-8-15(26)12-23(19)33-30-24/h4-12,21,31H,13H2,1-3H3/t21-,34-/m0/s1. The van der Waals surface area contributed by atoms with Gasteiger partial charge in [0.1, 0.15) is 28.0 Å². The highest BCUT2D eigenvalue weighted by molar-refractivity contribution is 9.10. The Labute approximate surface area is 208 Å². The Balaban J connectivity index is 1.83.